The molecule has 1 aliphatic rings. The summed E-state index contributed by atoms with van der Waals surface area (Å²) in [7, 11) is 0. The van der Waals surface area contributed by atoms with Gasteiger partial charge in [-0.05, 0) is 50.3 Å². The lowest BCUT2D eigenvalue weighted by Crippen LogP contribution is -2.58. The monoisotopic (exact) mass is 409 g/mol. The van der Waals surface area contributed by atoms with E-state index < -0.39 is 0 Å². The molecule has 3 heterocycles. The molecule has 2 atom stereocenters. The highest BCUT2D eigenvalue weighted by molar-refractivity contribution is 7.16. The Labute approximate surface area is 175 Å². The fraction of sp³-hybridized carbons (Fsp3) is 0.409. The third-order valence-corrected chi connectivity index (χ3v) is 6.41. The summed E-state index contributed by atoms with van der Waals surface area (Å²) in [5.74, 6) is 1.04. The number of para-hydroxylation sites is 1. The SMILES string of the molecule is Cc1cccc(C)c1NC(=O)CN1CC(C)N(c2ncnc3sccc23)C(C)C1. The van der Waals surface area contributed by atoms with Crippen molar-refractivity contribution in [2.45, 2.75) is 39.8 Å². The van der Waals surface area contributed by atoms with Crippen LogP contribution in [-0.2, 0) is 4.79 Å². The number of nitrogens with zero attached hydrogens (tertiary/aromatic N) is 4. The zero-order chi connectivity index (χ0) is 20.5. The Morgan fingerprint density at radius 3 is 2.52 bits per heavy atom. The summed E-state index contributed by atoms with van der Waals surface area (Å²) in [5.41, 5.74) is 3.11. The minimum absolute atomic E-state index is 0.0394. The van der Waals surface area contributed by atoms with Crippen molar-refractivity contribution in [3.8, 4) is 0 Å². The van der Waals surface area contributed by atoms with Crippen molar-refractivity contribution < 1.29 is 4.79 Å². The number of hydrogen-bond donors (Lipinski definition) is 1. The molecule has 0 bridgehead atoms. The van der Waals surface area contributed by atoms with E-state index in [-0.39, 0.29) is 18.0 Å². The summed E-state index contributed by atoms with van der Waals surface area (Å²) < 4.78 is 0. The molecule has 6 nitrogen and oxygen atoms in total. The number of fused-ring (bicyclic) bond motifs is 1. The first-order chi connectivity index (χ1) is 13.9. The van der Waals surface area contributed by atoms with Gasteiger partial charge in [-0.25, -0.2) is 9.97 Å². The highest BCUT2D eigenvalue weighted by Crippen LogP contribution is 2.31. The van der Waals surface area contributed by atoms with Gasteiger partial charge in [0.25, 0.3) is 0 Å². The lowest BCUT2D eigenvalue weighted by molar-refractivity contribution is -0.117. The molecular formula is C22H27N5OS. The average molecular weight is 410 g/mol. The lowest BCUT2D eigenvalue weighted by atomic mass is 10.1. The Bertz CT molecular complexity index is 1000. The van der Waals surface area contributed by atoms with Crippen LogP contribution in [-0.4, -0.2) is 52.5 Å². The minimum Gasteiger partial charge on any atom is -0.348 e. The zero-order valence-electron chi connectivity index (χ0n) is 17.3. The highest BCUT2D eigenvalue weighted by Gasteiger charge is 2.32. The minimum atomic E-state index is 0.0394. The first-order valence-corrected chi connectivity index (χ1v) is 10.9. The van der Waals surface area contributed by atoms with E-state index in [2.05, 4.69) is 50.4 Å². The van der Waals surface area contributed by atoms with Crippen LogP contribution in [0.1, 0.15) is 25.0 Å². The topological polar surface area (TPSA) is 61.4 Å². The van der Waals surface area contributed by atoms with E-state index in [1.807, 2.05) is 32.0 Å². The summed E-state index contributed by atoms with van der Waals surface area (Å²) in [6.45, 7) is 10.5. The molecule has 0 aliphatic carbocycles. The van der Waals surface area contributed by atoms with Crippen LogP contribution in [0.3, 0.4) is 0 Å². The molecule has 1 aliphatic heterocycles. The Morgan fingerprint density at radius 1 is 1.14 bits per heavy atom. The average Bonchev–Trinajstić information content (AvgIpc) is 3.14. The van der Waals surface area contributed by atoms with Crippen molar-refractivity contribution >= 4 is 39.0 Å². The van der Waals surface area contributed by atoms with Crippen molar-refractivity contribution in [3.63, 3.8) is 0 Å². The third-order valence-electron chi connectivity index (χ3n) is 5.59. The molecule has 1 saturated heterocycles. The van der Waals surface area contributed by atoms with Crippen molar-refractivity contribution in [3.05, 3.63) is 47.1 Å². The number of hydrogen-bond acceptors (Lipinski definition) is 6. The van der Waals surface area contributed by atoms with E-state index in [1.54, 1.807) is 17.7 Å². The largest absolute Gasteiger partial charge is 0.348 e. The van der Waals surface area contributed by atoms with Gasteiger partial charge in [0, 0.05) is 30.9 Å². The van der Waals surface area contributed by atoms with E-state index in [1.165, 1.54) is 0 Å². The molecule has 3 aromatic rings. The molecule has 4 rings (SSSR count). The quantitative estimate of drug-likeness (QED) is 0.709. The number of anilines is 2. The number of benzene rings is 1. The molecule has 7 heteroatoms. The lowest BCUT2D eigenvalue weighted by Gasteiger charge is -2.45. The number of thiophene rings is 1. The van der Waals surface area contributed by atoms with Crippen molar-refractivity contribution in [2.24, 2.45) is 0 Å². The Morgan fingerprint density at radius 2 is 1.83 bits per heavy atom. The molecule has 1 N–H and O–H groups in total. The number of aryl methyl sites for hydroxylation is 2. The number of piperazine rings is 1. The normalized spacial score (nSPS) is 20.2. The number of aromatic nitrogens is 2. The number of nitrogens with one attached hydrogen (secondary N) is 1. The molecule has 1 amide bonds. The molecule has 0 saturated carbocycles. The zero-order valence-corrected chi connectivity index (χ0v) is 18.2. The van der Waals surface area contributed by atoms with E-state index in [0.717, 1.165) is 45.9 Å². The van der Waals surface area contributed by atoms with Crippen LogP contribution in [0.5, 0.6) is 0 Å². The Balaban J connectivity index is 1.45. The fourth-order valence-corrected chi connectivity index (χ4v) is 5.08. The predicted octanol–water partition coefficient (Wildman–Crippen LogP) is 3.85. The molecule has 29 heavy (non-hydrogen) atoms. The molecule has 1 fully saturated rings. The number of carbonyl (C=O) groups is 1. The van der Waals surface area contributed by atoms with Gasteiger partial charge in [-0.3, -0.25) is 9.69 Å². The maximum absolute atomic E-state index is 12.7. The Kier molecular flexibility index (Phi) is 5.52. The standard InChI is InChI=1S/C22H27N5OS/c1-14-6-5-7-15(2)20(14)25-19(28)12-26-10-16(3)27(17(4)11-26)21-18-8-9-29-22(18)24-13-23-21/h5-9,13,16-17H,10-12H2,1-4H3,(H,25,28). The third kappa shape index (κ3) is 3.97. The van der Waals surface area contributed by atoms with Gasteiger partial charge in [0.15, 0.2) is 0 Å². The highest BCUT2D eigenvalue weighted by atomic mass is 32.1. The van der Waals surface area contributed by atoms with Gasteiger partial charge >= 0.3 is 0 Å². The molecule has 2 aromatic heterocycles. The second-order valence-electron chi connectivity index (χ2n) is 7.95. The maximum Gasteiger partial charge on any atom is 0.238 e. The summed E-state index contributed by atoms with van der Waals surface area (Å²) in [6, 6.07) is 8.67. The Hall–Kier alpha value is -2.51. The van der Waals surface area contributed by atoms with Crippen LogP contribution < -0.4 is 10.2 Å². The van der Waals surface area contributed by atoms with Crippen molar-refractivity contribution in [1.29, 1.82) is 0 Å². The smallest absolute Gasteiger partial charge is 0.238 e. The van der Waals surface area contributed by atoms with Gasteiger partial charge in [0.1, 0.15) is 17.0 Å². The van der Waals surface area contributed by atoms with Crippen LogP contribution in [0.4, 0.5) is 11.5 Å². The fourth-order valence-electron chi connectivity index (χ4n) is 4.36. The molecule has 152 valence electrons. The molecular weight excluding hydrogens is 382 g/mol. The van der Waals surface area contributed by atoms with E-state index >= 15 is 0 Å². The first-order valence-electron chi connectivity index (χ1n) is 9.99. The van der Waals surface area contributed by atoms with Gasteiger partial charge in [-0.2, -0.15) is 0 Å². The second-order valence-corrected chi connectivity index (χ2v) is 8.85. The molecule has 2 unspecified atom stereocenters. The molecule has 0 spiro atoms. The summed E-state index contributed by atoms with van der Waals surface area (Å²) in [4.78, 5) is 27.3. The number of carbonyl (C=O) groups excluding carboxylic acids is 1. The van der Waals surface area contributed by atoms with Gasteiger partial charge in [-0.1, -0.05) is 18.2 Å². The summed E-state index contributed by atoms with van der Waals surface area (Å²) in [5, 5.41) is 6.28. The molecule has 1 aromatic carbocycles. The first kappa shape index (κ1) is 19.8. The number of amides is 1. The van der Waals surface area contributed by atoms with Gasteiger partial charge in [-0.15, -0.1) is 11.3 Å². The van der Waals surface area contributed by atoms with Crippen LogP contribution >= 0.6 is 11.3 Å². The molecule has 0 radical (unpaired) electrons. The van der Waals surface area contributed by atoms with Crippen LogP contribution in [0.2, 0.25) is 0 Å². The summed E-state index contributed by atoms with van der Waals surface area (Å²) >= 11 is 1.64. The van der Waals surface area contributed by atoms with E-state index in [0.29, 0.717) is 6.54 Å². The van der Waals surface area contributed by atoms with Crippen molar-refractivity contribution in [2.75, 3.05) is 29.9 Å². The predicted molar refractivity (Wildman–Crippen MR) is 120 cm³/mol. The summed E-state index contributed by atoms with van der Waals surface area (Å²) in [6.07, 6.45) is 1.65. The van der Waals surface area contributed by atoms with Crippen LogP contribution in [0.25, 0.3) is 10.2 Å². The van der Waals surface area contributed by atoms with Crippen molar-refractivity contribution in [1.82, 2.24) is 14.9 Å². The van der Waals surface area contributed by atoms with E-state index in [4.69, 9.17) is 0 Å². The maximum atomic E-state index is 12.7. The van der Waals surface area contributed by atoms with Crippen LogP contribution in [0, 0.1) is 13.8 Å². The van der Waals surface area contributed by atoms with Gasteiger partial charge in [0.2, 0.25) is 5.91 Å². The van der Waals surface area contributed by atoms with Gasteiger partial charge in [0.05, 0.1) is 11.9 Å². The number of rotatable bonds is 4. The second kappa shape index (κ2) is 8.08. The van der Waals surface area contributed by atoms with Gasteiger partial charge < -0.3 is 10.2 Å². The van der Waals surface area contributed by atoms with E-state index in [9.17, 15) is 4.79 Å². The van der Waals surface area contributed by atoms with Crippen LogP contribution in [0.15, 0.2) is 36.0 Å².